The molecule has 2 aromatic carbocycles. The Labute approximate surface area is 148 Å². The number of nitrogens with zero attached hydrogens (tertiary/aromatic N) is 2. The first-order valence-corrected chi connectivity index (χ1v) is 8.04. The number of hydrogen-bond acceptors (Lipinski definition) is 4. The third kappa shape index (κ3) is 4.30. The molecule has 1 amide bonds. The summed E-state index contributed by atoms with van der Waals surface area (Å²) in [6.07, 6.45) is -0.643. The van der Waals surface area contributed by atoms with Gasteiger partial charge in [-0.1, -0.05) is 18.2 Å². The summed E-state index contributed by atoms with van der Waals surface area (Å²) in [5, 5.41) is 8.82. The average molecular weight is 338 g/mol. The Kier molecular flexibility index (Phi) is 6.02. The largest absolute Gasteiger partial charge is 0.496 e. The fraction of sp³-hybridized carbons (Fsp3) is 0.300. The Hall–Kier alpha value is -3.00. The van der Waals surface area contributed by atoms with E-state index in [-0.39, 0.29) is 11.9 Å². The molecule has 0 aliphatic rings. The monoisotopic (exact) mass is 338 g/mol. The van der Waals surface area contributed by atoms with E-state index in [2.05, 4.69) is 0 Å². The van der Waals surface area contributed by atoms with Crippen molar-refractivity contribution in [2.24, 2.45) is 0 Å². The van der Waals surface area contributed by atoms with Crippen LogP contribution in [-0.4, -0.2) is 31.1 Å². The van der Waals surface area contributed by atoms with Crippen LogP contribution in [0, 0.1) is 11.3 Å². The molecule has 0 saturated carbocycles. The second-order valence-corrected chi connectivity index (χ2v) is 5.76. The molecule has 0 spiro atoms. The summed E-state index contributed by atoms with van der Waals surface area (Å²) >= 11 is 0. The molecule has 130 valence electrons. The number of methoxy groups -OCH3 is 1. The smallest absolute Gasteiger partial charge is 0.263 e. The summed E-state index contributed by atoms with van der Waals surface area (Å²) in [6, 6.07) is 16.2. The number of nitriles is 1. The summed E-state index contributed by atoms with van der Waals surface area (Å²) in [5.41, 5.74) is 1.49. The van der Waals surface area contributed by atoms with Gasteiger partial charge in [0, 0.05) is 12.6 Å². The van der Waals surface area contributed by atoms with Crippen LogP contribution in [0.25, 0.3) is 0 Å². The highest BCUT2D eigenvalue weighted by Gasteiger charge is 2.25. The van der Waals surface area contributed by atoms with E-state index in [0.717, 1.165) is 11.3 Å². The topological polar surface area (TPSA) is 62.6 Å². The normalized spacial score (nSPS) is 12.6. The van der Waals surface area contributed by atoms with Crippen LogP contribution >= 0.6 is 0 Å². The van der Waals surface area contributed by atoms with Gasteiger partial charge in [0.1, 0.15) is 11.5 Å². The molecule has 2 aromatic rings. The number of ether oxygens (including phenoxy) is 2. The number of amides is 1. The first kappa shape index (κ1) is 18.3. The molecule has 0 heterocycles. The average Bonchev–Trinajstić information content (AvgIpc) is 2.66. The van der Waals surface area contributed by atoms with Crippen molar-refractivity contribution in [2.45, 2.75) is 26.0 Å². The zero-order chi connectivity index (χ0) is 18.4. The number of para-hydroxylation sites is 1. The number of rotatable bonds is 6. The lowest BCUT2D eigenvalue weighted by Crippen LogP contribution is -2.39. The number of benzene rings is 2. The molecule has 25 heavy (non-hydrogen) atoms. The molecule has 0 bridgehead atoms. The van der Waals surface area contributed by atoms with Gasteiger partial charge in [0.15, 0.2) is 6.10 Å². The maximum atomic E-state index is 12.7. The molecule has 2 unspecified atom stereocenters. The SMILES string of the molecule is COc1ccccc1C(C)N(C)C(=O)C(C)Oc1ccc(C#N)cc1. The van der Waals surface area contributed by atoms with E-state index < -0.39 is 6.10 Å². The van der Waals surface area contributed by atoms with Crippen molar-refractivity contribution >= 4 is 5.91 Å². The van der Waals surface area contributed by atoms with E-state index >= 15 is 0 Å². The van der Waals surface area contributed by atoms with Gasteiger partial charge in [-0.3, -0.25) is 4.79 Å². The van der Waals surface area contributed by atoms with Crippen LogP contribution in [0.5, 0.6) is 11.5 Å². The second kappa shape index (κ2) is 8.20. The van der Waals surface area contributed by atoms with Crippen LogP contribution in [0.1, 0.15) is 31.0 Å². The molecule has 5 nitrogen and oxygen atoms in total. The lowest BCUT2D eigenvalue weighted by atomic mass is 10.1. The summed E-state index contributed by atoms with van der Waals surface area (Å²) in [6.45, 7) is 3.66. The minimum absolute atomic E-state index is 0.136. The molecule has 0 aliphatic carbocycles. The van der Waals surface area contributed by atoms with Crippen LogP contribution in [-0.2, 0) is 4.79 Å². The van der Waals surface area contributed by atoms with Gasteiger partial charge in [0.2, 0.25) is 0 Å². The van der Waals surface area contributed by atoms with E-state index in [0.29, 0.717) is 11.3 Å². The number of hydrogen-bond donors (Lipinski definition) is 0. The molecule has 2 atom stereocenters. The quantitative estimate of drug-likeness (QED) is 0.808. The van der Waals surface area contributed by atoms with E-state index in [9.17, 15) is 4.79 Å². The standard InChI is InChI=1S/C20H22N2O3/c1-14(18-7-5-6-8-19(18)24-4)22(3)20(23)15(2)25-17-11-9-16(13-21)10-12-17/h5-12,14-15H,1-4H3. The van der Waals surface area contributed by atoms with Crippen molar-refractivity contribution in [1.82, 2.24) is 4.90 Å². The number of carbonyl (C=O) groups excluding carboxylic acids is 1. The van der Waals surface area contributed by atoms with Crippen molar-refractivity contribution in [3.05, 3.63) is 59.7 Å². The number of likely N-dealkylation sites (N-methyl/N-ethyl adjacent to an activating group) is 1. The van der Waals surface area contributed by atoms with E-state index in [1.807, 2.05) is 37.3 Å². The van der Waals surface area contributed by atoms with Gasteiger partial charge in [-0.15, -0.1) is 0 Å². The van der Waals surface area contributed by atoms with Crippen LogP contribution in [0.4, 0.5) is 0 Å². The third-order valence-corrected chi connectivity index (χ3v) is 4.16. The Balaban J connectivity index is 2.08. The fourth-order valence-corrected chi connectivity index (χ4v) is 2.56. The highest BCUT2D eigenvalue weighted by atomic mass is 16.5. The van der Waals surface area contributed by atoms with Gasteiger partial charge in [-0.2, -0.15) is 5.26 Å². The van der Waals surface area contributed by atoms with Gasteiger partial charge < -0.3 is 14.4 Å². The second-order valence-electron chi connectivity index (χ2n) is 5.76. The van der Waals surface area contributed by atoms with E-state index in [1.54, 1.807) is 50.2 Å². The van der Waals surface area contributed by atoms with Crippen LogP contribution < -0.4 is 9.47 Å². The maximum Gasteiger partial charge on any atom is 0.263 e. The van der Waals surface area contributed by atoms with Gasteiger partial charge in [0.05, 0.1) is 24.8 Å². The fourth-order valence-electron chi connectivity index (χ4n) is 2.56. The molecule has 2 rings (SSSR count). The third-order valence-electron chi connectivity index (χ3n) is 4.16. The highest BCUT2D eigenvalue weighted by Crippen LogP contribution is 2.28. The summed E-state index contributed by atoms with van der Waals surface area (Å²) < 4.78 is 11.1. The van der Waals surface area contributed by atoms with Crippen LogP contribution in [0.15, 0.2) is 48.5 Å². The van der Waals surface area contributed by atoms with Gasteiger partial charge in [-0.05, 0) is 44.2 Å². The highest BCUT2D eigenvalue weighted by molar-refractivity contribution is 5.81. The Morgan fingerprint density at radius 2 is 1.76 bits per heavy atom. The summed E-state index contributed by atoms with van der Waals surface area (Å²) in [4.78, 5) is 14.3. The van der Waals surface area contributed by atoms with Crippen molar-refractivity contribution in [2.75, 3.05) is 14.2 Å². The van der Waals surface area contributed by atoms with Crippen molar-refractivity contribution in [3.63, 3.8) is 0 Å². The van der Waals surface area contributed by atoms with E-state index in [1.165, 1.54) is 0 Å². The maximum absolute atomic E-state index is 12.7. The van der Waals surface area contributed by atoms with Gasteiger partial charge in [0.25, 0.3) is 5.91 Å². The molecule has 0 fully saturated rings. The molecule has 0 N–H and O–H groups in total. The molecule has 0 aromatic heterocycles. The molecular weight excluding hydrogens is 316 g/mol. The molecule has 5 heteroatoms. The van der Waals surface area contributed by atoms with Crippen molar-refractivity contribution in [1.29, 1.82) is 5.26 Å². The predicted octanol–water partition coefficient (Wildman–Crippen LogP) is 3.55. The molecule has 0 aliphatic heterocycles. The Morgan fingerprint density at radius 3 is 2.36 bits per heavy atom. The zero-order valence-electron chi connectivity index (χ0n) is 14.9. The van der Waals surface area contributed by atoms with Crippen LogP contribution in [0.2, 0.25) is 0 Å². The van der Waals surface area contributed by atoms with Crippen molar-refractivity contribution < 1.29 is 14.3 Å². The molecule has 0 radical (unpaired) electrons. The first-order chi connectivity index (χ1) is 12.0. The van der Waals surface area contributed by atoms with Crippen LogP contribution in [0.3, 0.4) is 0 Å². The molecule has 0 saturated heterocycles. The Morgan fingerprint density at radius 1 is 1.12 bits per heavy atom. The van der Waals surface area contributed by atoms with E-state index in [4.69, 9.17) is 14.7 Å². The van der Waals surface area contributed by atoms with Crippen molar-refractivity contribution in [3.8, 4) is 17.6 Å². The minimum atomic E-state index is -0.643. The lowest BCUT2D eigenvalue weighted by Gasteiger charge is -2.29. The minimum Gasteiger partial charge on any atom is -0.496 e. The summed E-state index contributed by atoms with van der Waals surface area (Å²) in [5.74, 6) is 1.16. The van der Waals surface area contributed by atoms with Gasteiger partial charge in [-0.25, -0.2) is 0 Å². The molecular formula is C20H22N2O3. The summed E-state index contributed by atoms with van der Waals surface area (Å²) in [7, 11) is 3.36. The zero-order valence-corrected chi connectivity index (χ0v) is 14.9. The van der Waals surface area contributed by atoms with Gasteiger partial charge >= 0.3 is 0 Å². The predicted molar refractivity (Wildman–Crippen MR) is 95.4 cm³/mol. The first-order valence-electron chi connectivity index (χ1n) is 8.04. The Bertz CT molecular complexity index is 765. The lowest BCUT2D eigenvalue weighted by molar-refractivity contribution is -0.138. The number of carbonyl (C=O) groups is 1.